The lowest BCUT2D eigenvalue weighted by molar-refractivity contribution is 0.498. The molecule has 19 heavy (non-hydrogen) atoms. The van der Waals surface area contributed by atoms with E-state index in [1.165, 1.54) is 10.4 Å². The van der Waals surface area contributed by atoms with E-state index < -0.39 is 0 Å². The summed E-state index contributed by atoms with van der Waals surface area (Å²) in [6.45, 7) is 8.48. The first-order chi connectivity index (χ1) is 8.97. The van der Waals surface area contributed by atoms with Crippen LogP contribution < -0.4 is 5.32 Å². The first-order valence-corrected chi connectivity index (χ1v) is 7.62. The summed E-state index contributed by atoms with van der Waals surface area (Å²) in [7, 11) is 0. The fraction of sp³-hybridized carbons (Fsp3) is 0.400. The average Bonchev–Trinajstić information content (AvgIpc) is 2.69. The van der Waals surface area contributed by atoms with Gasteiger partial charge in [0.15, 0.2) is 0 Å². The molecule has 1 N–H and O–H groups in total. The minimum atomic E-state index is 0.286. The molecule has 0 aliphatic rings. The molecule has 2 nitrogen and oxygen atoms in total. The molecular weight excluding hydrogens is 276 g/mol. The molecule has 2 aromatic rings. The van der Waals surface area contributed by atoms with Gasteiger partial charge in [-0.3, -0.25) is 0 Å². The highest BCUT2D eigenvalue weighted by Gasteiger charge is 2.15. The lowest BCUT2D eigenvalue weighted by Crippen LogP contribution is -2.22. The molecule has 0 amide bonds. The fourth-order valence-corrected chi connectivity index (χ4v) is 3.31. The third-order valence-corrected chi connectivity index (χ3v) is 4.71. The third-order valence-electron chi connectivity index (χ3n) is 3.20. The van der Waals surface area contributed by atoms with Crippen LogP contribution in [-0.2, 0) is 0 Å². The summed E-state index contributed by atoms with van der Waals surface area (Å²) in [5.74, 6) is 0. The highest BCUT2D eigenvalue weighted by Crippen LogP contribution is 2.27. The van der Waals surface area contributed by atoms with Gasteiger partial charge in [-0.15, -0.1) is 11.3 Å². The predicted octanol–water partition coefficient (Wildman–Crippen LogP) is 4.83. The Kier molecular flexibility index (Phi) is 4.61. The van der Waals surface area contributed by atoms with Crippen LogP contribution in [0.25, 0.3) is 0 Å². The van der Waals surface area contributed by atoms with Gasteiger partial charge < -0.3 is 5.32 Å². The van der Waals surface area contributed by atoms with Gasteiger partial charge in [0.05, 0.1) is 10.7 Å². The van der Waals surface area contributed by atoms with Crippen LogP contribution in [0.1, 0.15) is 47.1 Å². The molecular formula is C15H19ClN2S. The van der Waals surface area contributed by atoms with Crippen LogP contribution >= 0.6 is 22.9 Å². The van der Waals surface area contributed by atoms with Crippen LogP contribution in [0.3, 0.4) is 0 Å². The van der Waals surface area contributed by atoms with Gasteiger partial charge in [0.1, 0.15) is 0 Å². The summed E-state index contributed by atoms with van der Waals surface area (Å²) >= 11 is 7.68. The van der Waals surface area contributed by atoms with E-state index in [9.17, 15) is 0 Å². The van der Waals surface area contributed by atoms with Crippen molar-refractivity contribution in [3.05, 3.63) is 50.4 Å². The number of benzene rings is 1. The van der Waals surface area contributed by atoms with Crippen molar-refractivity contribution in [1.29, 1.82) is 0 Å². The van der Waals surface area contributed by atoms with Gasteiger partial charge in [0.25, 0.3) is 0 Å². The number of aromatic nitrogens is 1. The summed E-state index contributed by atoms with van der Waals surface area (Å²) < 4.78 is 0. The first-order valence-electron chi connectivity index (χ1n) is 6.43. The molecule has 102 valence electrons. The molecule has 4 heteroatoms. The normalized spacial score (nSPS) is 14.4. The number of nitrogens with zero attached hydrogens (tertiary/aromatic N) is 1. The van der Waals surface area contributed by atoms with E-state index in [2.05, 4.69) is 50.1 Å². The summed E-state index contributed by atoms with van der Waals surface area (Å²) in [4.78, 5) is 5.80. The molecule has 1 aromatic heterocycles. The number of nitrogens with one attached hydrogen (secondary N) is 1. The molecule has 0 spiro atoms. The Morgan fingerprint density at radius 3 is 2.26 bits per heavy atom. The zero-order valence-electron chi connectivity index (χ0n) is 11.7. The highest BCUT2D eigenvalue weighted by atomic mass is 35.5. The Labute approximate surface area is 123 Å². The largest absolute Gasteiger partial charge is 0.303 e. The standard InChI is InChI=1S/C15H19ClN2S/c1-9(13-5-7-14(16)8-6-13)17-10(2)15-11(3)18-12(4)19-15/h5-10,17H,1-4H3/t9-,10?/m0/s1. The maximum atomic E-state index is 5.91. The molecule has 1 heterocycles. The summed E-state index contributed by atoms with van der Waals surface area (Å²) in [5.41, 5.74) is 2.38. The number of aryl methyl sites for hydroxylation is 2. The van der Waals surface area contributed by atoms with Gasteiger partial charge in [0.2, 0.25) is 0 Å². The average molecular weight is 295 g/mol. The topological polar surface area (TPSA) is 24.9 Å². The lowest BCUT2D eigenvalue weighted by Gasteiger charge is -2.20. The summed E-state index contributed by atoms with van der Waals surface area (Å²) in [5, 5.41) is 5.51. The highest BCUT2D eigenvalue weighted by molar-refractivity contribution is 7.11. The van der Waals surface area contributed by atoms with Gasteiger partial charge in [0, 0.05) is 22.0 Å². The molecule has 1 unspecified atom stereocenters. The van der Waals surface area contributed by atoms with Crippen LogP contribution in [0.4, 0.5) is 0 Å². The van der Waals surface area contributed by atoms with E-state index in [1.807, 2.05) is 12.1 Å². The Bertz CT molecular complexity index is 548. The van der Waals surface area contributed by atoms with E-state index in [4.69, 9.17) is 11.6 Å². The molecule has 0 aliphatic heterocycles. The monoisotopic (exact) mass is 294 g/mol. The molecule has 0 fully saturated rings. The third kappa shape index (κ3) is 3.56. The summed E-state index contributed by atoms with van der Waals surface area (Å²) in [6.07, 6.45) is 0. The van der Waals surface area contributed by atoms with E-state index in [-0.39, 0.29) is 6.04 Å². The Morgan fingerprint density at radius 1 is 1.11 bits per heavy atom. The Morgan fingerprint density at radius 2 is 1.74 bits per heavy atom. The minimum Gasteiger partial charge on any atom is -0.303 e. The number of hydrogen-bond acceptors (Lipinski definition) is 3. The lowest BCUT2D eigenvalue weighted by atomic mass is 10.1. The second kappa shape index (κ2) is 6.04. The fourth-order valence-electron chi connectivity index (χ4n) is 2.25. The molecule has 0 saturated heterocycles. The van der Waals surface area contributed by atoms with Crippen LogP contribution in [0, 0.1) is 13.8 Å². The molecule has 0 radical (unpaired) electrons. The first kappa shape index (κ1) is 14.5. The second-order valence-electron chi connectivity index (χ2n) is 4.84. The van der Waals surface area contributed by atoms with Crippen LogP contribution in [-0.4, -0.2) is 4.98 Å². The van der Waals surface area contributed by atoms with Crippen molar-refractivity contribution in [2.75, 3.05) is 0 Å². The number of hydrogen-bond donors (Lipinski definition) is 1. The van der Waals surface area contributed by atoms with Gasteiger partial charge in [-0.2, -0.15) is 0 Å². The molecule has 2 atom stereocenters. The Balaban J connectivity index is 2.08. The maximum Gasteiger partial charge on any atom is 0.0900 e. The van der Waals surface area contributed by atoms with Crippen molar-refractivity contribution >= 4 is 22.9 Å². The maximum absolute atomic E-state index is 5.91. The van der Waals surface area contributed by atoms with Crippen molar-refractivity contribution in [1.82, 2.24) is 10.3 Å². The molecule has 2 rings (SSSR count). The predicted molar refractivity (Wildman–Crippen MR) is 83.0 cm³/mol. The van der Waals surface area contributed by atoms with Crippen molar-refractivity contribution in [3.63, 3.8) is 0 Å². The van der Waals surface area contributed by atoms with Crippen molar-refractivity contribution in [2.24, 2.45) is 0 Å². The number of thiazole rings is 1. The number of halogens is 1. The van der Waals surface area contributed by atoms with E-state index in [1.54, 1.807) is 11.3 Å². The molecule has 0 bridgehead atoms. The van der Waals surface area contributed by atoms with Crippen LogP contribution in [0.5, 0.6) is 0 Å². The van der Waals surface area contributed by atoms with Crippen molar-refractivity contribution < 1.29 is 0 Å². The smallest absolute Gasteiger partial charge is 0.0900 e. The zero-order chi connectivity index (χ0) is 14.0. The van der Waals surface area contributed by atoms with E-state index >= 15 is 0 Å². The van der Waals surface area contributed by atoms with E-state index in [0.717, 1.165) is 15.7 Å². The van der Waals surface area contributed by atoms with E-state index in [0.29, 0.717) is 6.04 Å². The molecule has 0 saturated carbocycles. The molecule has 1 aromatic carbocycles. The quantitative estimate of drug-likeness (QED) is 0.874. The SMILES string of the molecule is Cc1nc(C)c(C(C)N[C@@H](C)c2ccc(Cl)cc2)s1. The van der Waals surface area contributed by atoms with Crippen molar-refractivity contribution in [3.8, 4) is 0 Å². The Hall–Kier alpha value is -0.900. The van der Waals surface area contributed by atoms with Crippen LogP contribution in [0.2, 0.25) is 5.02 Å². The molecule has 0 aliphatic carbocycles. The minimum absolute atomic E-state index is 0.286. The van der Waals surface area contributed by atoms with Crippen LogP contribution in [0.15, 0.2) is 24.3 Å². The zero-order valence-corrected chi connectivity index (χ0v) is 13.3. The van der Waals surface area contributed by atoms with Gasteiger partial charge in [-0.05, 0) is 45.4 Å². The summed E-state index contributed by atoms with van der Waals surface area (Å²) in [6, 6.07) is 8.59. The van der Waals surface area contributed by atoms with Crippen molar-refractivity contribution in [2.45, 2.75) is 39.8 Å². The van der Waals surface area contributed by atoms with Gasteiger partial charge in [-0.25, -0.2) is 4.98 Å². The van der Waals surface area contributed by atoms with Gasteiger partial charge in [-0.1, -0.05) is 23.7 Å². The second-order valence-corrected chi connectivity index (χ2v) is 6.52. The number of rotatable bonds is 4. The van der Waals surface area contributed by atoms with Gasteiger partial charge >= 0.3 is 0 Å².